The Balaban J connectivity index is 1.50. The molecule has 0 saturated carbocycles. The average Bonchev–Trinajstić information content (AvgIpc) is 2.88. The van der Waals surface area contributed by atoms with Crippen LogP contribution in [0.15, 0.2) is 30.6 Å². The molecule has 136 valence electrons. The number of carbonyl (C=O) groups is 1. The summed E-state index contributed by atoms with van der Waals surface area (Å²) in [6, 6.07) is 6.49. The fourth-order valence-electron chi connectivity index (χ4n) is 3.59. The zero-order valence-corrected chi connectivity index (χ0v) is 15.5. The van der Waals surface area contributed by atoms with Crippen molar-refractivity contribution in [3.63, 3.8) is 0 Å². The number of nitrogens with zero attached hydrogens (tertiary/aromatic N) is 4. The third-order valence-electron chi connectivity index (χ3n) is 5.10. The summed E-state index contributed by atoms with van der Waals surface area (Å²) in [5.74, 6) is 0.256. The van der Waals surface area contributed by atoms with E-state index in [0.29, 0.717) is 12.6 Å². The van der Waals surface area contributed by atoms with E-state index in [0.717, 1.165) is 43.7 Å². The lowest BCUT2D eigenvalue weighted by atomic mass is 10.0. The van der Waals surface area contributed by atoms with Gasteiger partial charge in [0.25, 0.3) is 0 Å². The first-order chi connectivity index (χ1) is 12.0. The molecule has 1 fully saturated rings. The average molecular weight is 343 g/mol. The standard InChI is InChI=1S/C19H29N5O/c1-22(2)17-8-7-15(12-23(3)14-17)19(25)20-10-9-16-13-24-11-5-4-6-18(24)21-16/h4-6,11,13,15,17H,7-10,12,14H2,1-3H3,(H,20,25)/t15-,17+/m1/s1. The summed E-state index contributed by atoms with van der Waals surface area (Å²) in [5.41, 5.74) is 1.96. The largest absolute Gasteiger partial charge is 0.355 e. The summed E-state index contributed by atoms with van der Waals surface area (Å²) in [5, 5.41) is 3.11. The first-order valence-corrected chi connectivity index (χ1v) is 9.08. The molecule has 0 spiro atoms. The molecule has 0 radical (unpaired) electrons. The first-order valence-electron chi connectivity index (χ1n) is 9.08. The summed E-state index contributed by atoms with van der Waals surface area (Å²) >= 11 is 0. The molecule has 6 heteroatoms. The highest BCUT2D eigenvalue weighted by Crippen LogP contribution is 2.18. The van der Waals surface area contributed by atoms with Gasteiger partial charge in [0.2, 0.25) is 5.91 Å². The number of aromatic nitrogens is 2. The lowest BCUT2D eigenvalue weighted by molar-refractivity contribution is -0.125. The number of amides is 1. The van der Waals surface area contributed by atoms with Crippen LogP contribution < -0.4 is 5.32 Å². The van der Waals surface area contributed by atoms with Gasteiger partial charge in [0.1, 0.15) is 5.65 Å². The maximum atomic E-state index is 12.6. The molecular formula is C19H29N5O. The van der Waals surface area contributed by atoms with Crippen molar-refractivity contribution < 1.29 is 4.79 Å². The topological polar surface area (TPSA) is 52.9 Å². The lowest BCUT2D eigenvalue weighted by Gasteiger charge is -2.25. The minimum absolute atomic E-state index is 0.0796. The van der Waals surface area contributed by atoms with Crippen molar-refractivity contribution in [3.05, 3.63) is 36.3 Å². The molecule has 0 unspecified atom stereocenters. The van der Waals surface area contributed by atoms with E-state index in [1.54, 1.807) is 0 Å². The maximum Gasteiger partial charge on any atom is 0.224 e. The molecular weight excluding hydrogens is 314 g/mol. The molecule has 3 rings (SSSR count). The van der Waals surface area contributed by atoms with Gasteiger partial charge in [0.05, 0.1) is 11.6 Å². The SMILES string of the molecule is CN1C[C@H](C(=O)NCCc2cn3ccccc3n2)CC[C@H](N(C)C)C1. The van der Waals surface area contributed by atoms with Gasteiger partial charge in [0.15, 0.2) is 0 Å². The molecule has 1 aliphatic heterocycles. The predicted molar refractivity (Wildman–Crippen MR) is 99.6 cm³/mol. The number of likely N-dealkylation sites (N-methyl/N-ethyl adjacent to an activating group) is 2. The minimum atomic E-state index is 0.0796. The molecule has 3 heterocycles. The van der Waals surface area contributed by atoms with Gasteiger partial charge in [-0.25, -0.2) is 4.98 Å². The second-order valence-electron chi connectivity index (χ2n) is 7.35. The summed E-state index contributed by atoms with van der Waals surface area (Å²) in [6.45, 7) is 2.50. The van der Waals surface area contributed by atoms with Crippen LogP contribution in [0.2, 0.25) is 0 Å². The highest BCUT2D eigenvalue weighted by atomic mass is 16.1. The number of carbonyl (C=O) groups excluding carboxylic acids is 1. The summed E-state index contributed by atoms with van der Waals surface area (Å²) < 4.78 is 2.01. The Morgan fingerprint density at radius 3 is 2.92 bits per heavy atom. The van der Waals surface area contributed by atoms with E-state index in [4.69, 9.17) is 0 Å². The van der Waals surface area contributed by atoms with Crippen LogP contribution in [0.1, 0.15) is 18.5 Å². The van der Waals surface area contributed by atoms with Crippen LogP contribution in [0.4, 0.5) is 0 Å². The van der Waals surface area contributed by atoms with Gasteiger partial charge in [-0.1, -0.05) is 6.07 Å². The van der Waals surface area contributed by atoms with Gasteiger partial charge in [-0.2, -0.15) is 0 Å². The minimum Gasteiger partial charge on any atom is -0.355 e. The molecule has 6 nitrogen and oxygen atoms in total. The monoisotopic (exact) mass is 343 g/mol. The van der Waals surface area contributed by atoms with Crippen molar-refractivity contribution in [2.45, 2.75) is 25.3 Å². The van der Waals surface area contributed by atoms with Crippen LogP contribution in [0, 0.1) is 5.92 Å². The quantitative estimate of drug-likeness (QED) is 0.888. The van der Waals surface area contributed by atoms with Gasteiger partial charge >= 0.3 is 0 Å². The molecule has 2 atom stereocenters. The Bertz CT molecular complexity index is 678. The highest BCUT2D eigenvalue weighted by molar-refractivity contribution is 5.78. The molecule has 1 N–H and O–H groups in total. The van der Waals surface area contributed by atoms with E-state index in [9.17, 15) is 4.79 Å². The third-order valence-corrected chi connectivity index (χ3v) is 5.10. The van der Waals surface area contributed by atoms with Crippen LogP contribution in [-0.4, -0.2) is 71.9 Å². The van der Waals surface area contributed by atoms with Crippen LogP contribution >= 0.6 is 0 Å². The molecule has 1 saturated heterocycles. The molecule has 2 aromatic rings. The Labute approximate surface area is 149 Å². The molecule has 25 heavy (non-hydrogen) atoms. The zero-order valence-electron chi connectivity index (χ0n) is 15.5. The van der Waals surface area contributed by atoms with E-state index in [2.05, 4.69) is 41.2 Å². The van der Waals surface area contributed by atoms with Crippen LogP contribution in [0.5, 0.6) is 0 Å². The second-order valence-corrected chi connectivity index (χ2v) is 7.35. The maximum absolute atomic E-state index is 12.6. The fourth-order valence-corrected chi connectivity index (χ4v) is 3.59. The van der Waals surface area contributed by atoms with E-state index in [-0.39, 0.29) is 11.8 Å². The van der Waals surface area contributed by atoms with Crippen molar-refractivity contribution in [1.29, 1.82) is 0 Å². The number of rotatable bonds is 5. The van der Waals surface area contributed by atoms with Crippen molar-refractivity contribution in [1.82, 2.24) is 24.5 Å². The number of pyridine rings is 1. The van der Waals surface area contributed by atoms with E-state index >= 15 is 0 Å². The number of fused-ring (bicyclic) bond motifs is 1. The smallest absolute Gasteiger partial charge is 0.224 e. The Hall–Kier alpha value is -1.92. The van der Waals surface area contributed by atoms with Crippen molar-refractivity contribution in [2.24, 2.45) is 5.92 Å². The number of imidazole rings is 1. The summed E-state index contributed by atoms with van der Waals surface area (Å²) in [6.07, 6.45) is 6.81. The molecule has 1 aliphatic rings. The second kappa shape index (κ2) is 7.97. The number of likely N-dealkylation sites (tertiary alicyclic amines) is 1. The summed E-state index contributed by atoms with van der Waals surface area (Å²) in [7, 11) is 6.35. The van der Waals surface area contributed by atoms with Gasteiger partial charge in [0, 0.05) is 44.5 Å². The fraction of sp³-hybridized carbons (Fsp3) is 0.579. The normalized spacial score (nSPS) is 22.2. The number of hydrogen-bond donors (Lipinski definition) is 1. The van der Waals surface area contributed by atoms with Gasteiger partial charge < -0.3 is 19.5 Å². The zero-order chi connectivity index (χ0) is 17.8. The molecule has 0 bridgehead atoms. The number of nitrogens with one attached hydrogen (secondary N) is 1. The van der Waals surface area contributed by atoms with E-state index in [1.165, 1.54) is 0 Å². The van der Waals surface area contributed by atoms with Crippen LogP contribution in [0.3, 0.4) is 0 Å². The van der Waals surface area contributed by atoms with Crippen molar-refractivity contribution in [2.75, 3.05) is 40.8 Å². The first kappa shape index (κ1) is 17.9. The lowest BCUT2D eigenvalue weighted by Crippen LogP contribution is -2.39. The van der Waals surface area contributed by atoms with E-state index in [1.807, 2.05) is 35.0 Å². The van der Waals surface area contributed by atoms with Gasteiger partial charge in [-0.15, -0.1) is 0 Å². The molecule has 1 amide bonds. The molecule has 0 aromatic carbocycles. The Kier molecular flexibility index (Phi) is 5.71. The van der Waals surface area contributed by atoms with Crippen LogP contribution in [-0.2, 0) is 11.2 Å². The molecule has 2 aromatic heterocycles. The van der Waals surface area contributed by atoms with Crippen molar-refractivity contribution in [3.8, 4) is 0 Å². The Morgan fingerprint density at radius 2 is 2.16 bits per heavy atom. The Morgan fingerprint density at radius 1 is 1.32 bits per heavy atom. The predicted octanol–water partition coefficient (Wildman–Crippen LogP) is 1.26. The summed E-state index contributed by atoms with van der Waals surface area (Å²) in [4.78, 5) is 21.7. The third kappa shape index (κ3) is 4.58. The van der Waals surface area contributed by atoms with Crippen LogP contribution in [0.25, 0.3) is 5.65 Å². The van der Waals surface area contributed by atoms with Gasteiger partial charge in [-0.05, 0) is 46.1 Å². The number of hydrogen-bond acceptors (Lipinski definition) is 4. The van der Waals surface area contributed by atoms with Gasteiger partial charge in [-0.3, -0.25) is 4.79 Å². The van der Waals surface area contributed by atoms with E-state index < -0.39 is 0 Å². The molecule has 0 aliphatic carbocycles. The van der Waals surface area contributed by atoms with Crippen molar-refractivity contribution >= 4 is 11.6 Å². The highest BCUT2D eigenvalue weighted by Gasteiger charge is 2.27.